The summed E-state index contributed by atoms with van der Waals surface area (Å²) < 4.78 is 2.15. The number of nitrogens with zero attached hydrogens (tertiary/aromatic N) is 2. The van der Waals surface area contributed by atoms with Crippen LogP contribution in [0.15, 0.2) is 118 Å². The average molecular weight is 542 g/mol. The molecule has 0 amide bonds. The van der Waals surface area contributed by atoms with Gasteiger partial charge in [-0.25, -0.2) is 0 Å². The molecule has 0 saturated heterocycles. The van der Waals surface area contributed by atoms with Crippen molar-refractivity contribution in [3.63, 3.8) is 0 Å². The van der Waals surface area contributed by atoms with Gasteiger partial charge in [0, 0.05) is 38.0 Å². The molecule has 0 aliphatic carbocycles. The van der Waals surface area contributed by atoms with Crippen LogP contribution in [0.25, 0.3) is 44.8 Å². The van der Waals surface area contributed by atoms with Crippen molar-refractivity contribution in [3.05, 3.63) is 118 Å². The van der Waals surface area contributed by atoms with E-state index in [1.165, 1.54) is 11.1 Å². The van der Waals surface area contributed by atoms with Crippen LogP contribution < -0.4 is 0 Å². The minimum absolute atomic E-state index is 0.925. The molecule has 0 atom stereocenters. The lowest BCUT2D eigenvalue weighted by Gasteiger charge is -2.08. The normalized spacial score (nSPS) is 10.8. The maximum absolute atomic E-state index is 4.71. The lowest BCUT2D eigenvalue weighted by atomic mass is 10.0. The number of aromatic nitrogens is 2. The second kappa shape index (κ2) is 9.19. The van der Waals surface area contributed by atoms with Gasteiger partial charge in [-0.1, -0.05) is 98.6 Å². The van der Waals surface area contributed by atoms with E-state index in [1.807, 2.05) is 48.8 Å². The van der Waals surface area contributed by atoms with E-state index in [1.54, 1.807) is 0 Å². The summed E-state index contributed by atoms with van der Waals surface area (Å²) in [4.78, 5) is 9.30. The van der Waals surface area contributed by atoms with E-state index in [4.69, 9.17) is 4.98 Å². The summed E-state index contributed by atoms with van der Waals surface area (Å²) in [7, 11) is 0. The SMILES string of the molecule is Brc1ccccc1-c1ccc(-c2cc(-c3ccc(-c4ccccc4Br)cn3)ccn2)cc1. The van der Waals surface area contributed by atoms with Crippen molar-refractivity contribution < 1.29 is 0 Å². The Morgan fingerprint density at radius 2 is 1.06 bits per heavy atom. The van der Waals surface area contributed by atoms with Crippen LogP contribution in [0.4, 0.5) is 0 Å². The molecular formula is C28H18Br2N2. The molecule has 2 heterocycles. The van der Waals surface area contributed by atoms with Crippen molar-refractivity contribution in [2.75, 3.05) is 0 Å². The Labute approximate surface area is 204 Å². The highest BCUT2D eigenvalue weighted by Gasteiger charge is 2.08. The maximum atomic E-state index is 4.71. The Morgan fingerprint density at radius 1 is 0.469 bits per heavy atom. The van der Waals surface area contributed by atoms with Crippen LogP contribution in [0.3, 0.4) is 0 Å². The highest BCUT2D eigenvalue weighted by molar-refractivity contribution is 9.11. The first-order valence-electron chi connectivity index (χ1n) is 10.2. The molecule has 5 aromatic rings. The largest absolute Gasteiger partial charge is 0.256 e. The van der Waals surface area contributed by atoms with Crippen molar-refractivity contribution in [1.82, 2.24) is 9.97 Å². The van der Waals surface area contributed by atoms with Crippen molar-refractivity contribution in [2.45, 2.75) is 0 Å². The third kappa shape index (κ3) is 4.29. The number of hydrogen-bond donors (Lipinski definition) is 0. The molecular weight excluding hydrogens is 524 g/mol. The maximum Gasteiger partial charge on any atom is 0.0708 e. The number of benzene rings is 3. The summed E-state index contributed by atoms with van der Waals surface area (Å²) in [5, 5.41) is 0. The van der Waals surface area contributed by atoms with Gasteiger partial charge in [-0.05, 0) is 47.0 Å². The van der Waals surface area contributed by atoms with Crippen LogP contribution in [0.2, 0.25) is 0 Å². The molecule has 2 aromatic heterocycles. The molecule has 0 N–H and O–H groups in total. The fraction of sp³-hybridized carbons (Fsp3) is 0. The quantitative estimate of drug-likeness (QED) is 0.227. The third-order valence-electron chi connectivity index (χ3n) is 5.37. The fourth-order valence-corrected chi connectivity index (χ4v) is 4.71. The summed E-state index contributed by atoms with van der Waals surface area (Å²) in [6.07, 6.45) is 3.76. The van der Waals surface area contributed by atoms with Gasteiger partial charge in [0.05, 0.1) is 11.4 Å². The van der Waals surface area contributed by atoms with Crippen LogP contribution >= 0.6 is 31.9 Å². The second-order valence-electron chi connectivity index (χ2n) is 7.40. The van der Waals surface area contributed by atoms with Gasteiger partial charge < -0.3 is 0 Å². The fourth-order valence-electron chi connectivity index (χ4n) is 3.68. The van der Waals surface area contributed by atoms with Gasteiger partial charge in [-0.3, -0.25) is 9.97 Å². The predicted octanol–water partition coefficient (Wildman–Crippen LogP) is 8.67. The topological polar surface area (TPSA) is 25.8 Å². The van der Waals surface area contributed by atoms with E-state index in [-0.39, 0.29) is 0 Å². The van der Waals surface area contributed by atoms with Crippen molar-refractivity contribution >= 4 is 31.9 Å². The van der Waals surface area contributed by atoms with E-state index >= 15 is 0 Å². The molecule has 0 saturated carbocycles. The molecule has 3 aromatic carbocycles. The van der Waals surface area contributed by atoms with Crippen LogP contribution in [-0.2, 0) is 0 Å². The molecule has 0 spiro atoms. The van der Waals surface area contributed by atoms with Gasteiger partial charge in [0.25, 0.3) is 0 Å². The van der Waals surface area contributed by atoms with Crippen molar-refractivity contribution in [3.8, 4) is 44.8 Å². The lowest BCUT2D eigenvalue weighted by molar-refractivity contribution is 1.29. The van der Waals surface area contributed by atoms with Crippen molar-refractivity contribution in [2.24, 2.45) is 0 Å². The standard InChI is InChI=1S/C28H18Br2N2/c29-25-7-3-1-5-23(25)19-9-11-20(12-10-19)28-17-21(15-16-31-28)27-14-13-22(18-32-27)24-6-2-4-8-26(24)30/h1-18H. The molecule has 0 unspecified atom stereocenters. The van der Waals surface area contributed by atoms with Gasteiger partial charge in [0.15, 0.2) is 0 Å². The van der Waals surface area contributed by atoms with Crippen LogP contribution in [0.5, 0.6) is 0 Å². The van der Waals surface area contributed by atoms with Crippen LogP contribution in [-0.4, -0.2) is 9.97 Å². The molecule has 0 aliphatic rings. The Kier molecular flexibility index (Phi) is 5.97. The first-order valence-corrected chi connectivity index (χ1v) is 11.8. The van der Waals surface area contributed by atoms with Gasteiger partial charge in [-0.15, -0.1) is 0 Å². The van der Waals surface area contributed by atoms with Gasteiger partial charge >= 0.3 is 0 Å². The summed E-state index contributed by atoms with van der Waals surface area (Å²) in [6, 6.07) is 33.2. The molecule has 0 bridgehead atoms. The van der Waals surface area contributed by atoms with Crippen molar-refractivity contribution in [1.29, 1.82) is 0 Å². The number of rotatable bonds is 4. The Bertz CT molecular complexity index is 1270. The first-order chi connectivity index (χ1) is 15.7. The van der Waals surface area contributed by atoms with E-state index in [9.17, 15) is 0 Å². The second-order valence-corrected chi connectivity index (χ2v) is 9.11. The van der Waals surface area contributed by atoms with E-state index < -0.39 is 0 Å². The Balaban J connectivity index is 1.43. The van der Waals surface area contributed by atoms with Gasteiger partial charge in [0.1, 0.15) is 0 Å². The summed E-state index contributed by atoms with van der Waals surface area (Å²) >= 11 is 7.25. The van der Waals surface area contributed by atoms with E-state index in [2.05, 4.69) is 97.5 Å². The zero-order valence-corrected chi connectivity index (χ0v) is 20.2. The molecule has 0 fully saturated rings. The lowest BCUT2D eigenvalue weighted by Crippen LogP contribution is -1.89. The number of halogens is 2. The zero-order valence-electron chi connectivity index (χ0n) is 17.0. The minimum Gasteiger partial charge on any atom is -0.256 e. The van der Waals surface area contributed by atoms with E-state index in [0.29, 0.717) is 0 Å². The summed E-state index contributed by atoms with van der Waals surface area (Å²) in [6.45, 7) is 0. The summed E-state index contributed by atoms with van der Waals surface area (Å²) in [5.74, 6) is 0. The molecule has 4 heteroatoms. The van der Waals surface area contributed by atoms with Gasteiger partial charge in [-0.2, -0.15) is 0 Å². The monoisotopic (exact) mass is 540 g/mol. The van der Waals surface area contributed by atoms with E-state index in [0.717, 1.165) is 42.6 Å². The highest BCUT2D eigenvalue weighted by atomic mass is 79.9. The number of hydrogen-bond acceptors (Lipinski definition) is 2. The molecule has 5 rings (SSSR count). The molecule has 0 aliphatic heterocycles. The smallest absolute Gasteiger partial charge is 0.0708 e. The third-order valence-corrected chi connectivity index (χ3v) is 6.75. The Morgan fingerprint density at radius 3 is 1.69 bits per heavy atom. The number of pyridine rings is 2. The zero-order chi connectivity index (χ0) is 21.9. The molecule has 2 nitrogen and oxygen atoms in total. The average Bonchev–Trinajstić information content (AvgIpc) is 2.85. The minimum atomic E-state index is 0.925. The molecule has 32 heavy (non-hydrogen) atoms. The molecule has 0 radical (unpaired) electrons. The highest BCUT2D eigenvalue weighted by Crippen LogP contribution is 2.31. The van der Waals surface area contributed by atoms with Crippen LogP contribution in [0.1, 0.15) is 0 Å². The predicted molar refractivity (Wildman–Crippen MR) is 139 cm³/mol. The van der Waals surface area contributed by atoms with Crippen LogP contribution in [0, 0.1) is 0 Å². The first kappa shape index (κ1) is 20.8. The Hall–Kier alpha value is -3.08. The molecule has 154 valence electrons. The van der Waals surface area contributed by atoms with Gasteiger partial charge in [0.2, 0.25) is 0 Å². The summed E-state index contributed by atoms with van der Waals surface area (Å²) in [5.41, 5.74) is 8.53.